The maximum absolute atomic E-state index is 11.3. The minimum atomic E-state index is -0.806. The SMILES string of the molecule is O=C(O)CCCCCOC(=O)CCSCC(O)CO. The Morgan fingerprint density at radius 1 is 1.16 bits per heavy atom. The highest BCUT2D eigenvalue weighted by Crippen LogP contribution is 2.06. The number of thioether (sulfide) groups is 1. The van der Waals surface area contributed by atoms with Gasteiger partial charge in [0.2, 0.25) is 0 Å². The predicted molar refractivity (Wildman–Crippen MR) is 72.1 cm³/mol. The summed E-state index contributed by atoms with van der Waals surface area (Å²) < 4.78 is 4.97. The number of ether oxygens (including phenoxy) is 1. The van der Waals surface area contributed by atoms with Crippen molar-refractivity contribution in [1.29, 1.82) is 0 Å². The molecule has 0 aromatic rings. The molecule has 0 fully saturated rings. The van der Waals surface area contributed by atoms with Gasteiger partial charge >= 0.3 is 11.9 Å². The van der Waals surface area contributed by atoms with Crippen LogP contribution < -0.4 is 0 Å². The molecule has 19 heavy (non-hydrogen) atoms. The molecule has 0 heterocycles. The first-order valence-electron chi connectivity index (χ1n) is 6.30. The van der Waals surface area contributed by atoms with E-state index >= 15 is 0 Å². The van der Waals surface area contributed by atoms with Gasteiger partial charge in [0.25, 0.3) is 0 Å². The monoisotopic (exact) mass is 294 g/mol. The minimum absolute atomic E-state index is 0.151. The molecule has 3 N–H and O–H groups in total. The van der Waals surface area contributed by atoms with Gasteiger partial charge in [-0.3, -0.25) is 9.59 Å². The Hall–Kier alpha value is -0.790. The van der Waals surface area contributed by atoms with Gasteiger partial charge in [-0.2, -0.15) is 11.8 Å². The molecule has 0 spiro atoms. The molecule has 0 radical (unpaired) electrons. The van der Waals surface area contributed by atoms with Crippen LogP contribution in [-0.2, 0) is 14.3 Å². The lowest BCUT2D eigenvalue weighted by atomic mass is 10.2. The van der Waals surface area contributed by atoms with Crippen LogP contribution in [0.15, 0.2) is 0 Å². The second-order valence-corrected chi connectivity index (χ2v) is 5.24. The number of unbranched alkanes of at least 4 members (excludes halogenated alkanes) is 2. The van der Waals surface area contributed by atoms with E-state index < -0.39 is 12.1 Å². The molecule has 1 atom stereocenters. The molecule has 7 heteroatoms. The molecule has 0 saturated carbocycles. The summed E-state index contributed by atoms with van der Waals surface area (Å²) >= 11 is 1.39. The Morgan fingerprint density at radius 2 is 1.89 bits per heavy atom. The van der Waals surface area contributed by atoms with Crippen LogP contribution in [0.1, 0.15) is 32.1 Å². The highest BCUT2D eigenvalue weighted by Gasteiger charge is 2.05. The number of hydrogen-bond donors (Lipinski definition) is 3. The number of hydrogen-bond acceptors (Lipinski definition) is 6. The molecule has 0 aliphatic heterocycles. The quantitative estimate of drug-likeness (QED) is 0.358. The van der Waals surface area contributed by atoms with Crippen LogP contribution >= 0.6 is 11.8 Å². The molecular weight excluding hydrogens is 272 g/mol. The molecule has 112 valence electrons. The van der Waals surface area contributed by atoms with Crippen LogP contribution in [0, 0.1) is 0 Å². The Balaban J connectivity index is 3.28. The van der Waals surface area contributed by atoms with Crippen molar-refractivity contribution in [2.75, 3.05) is 24.7 Å². The lowest BCUT2D eigenvalue weighted by molar-refractivity contribution is -0.143. The predicted octanol–water partition coefficient (Wildman–Crippen LogP) is 0.651. The van der Waals surface area contributed by atoms with Crippen molar-refractivity contribution < 1.29 is 29.6 Å². The van der Waals surface area contributed by atoms with Crippen LogP contribution in [0.2, 0.25) is 0 Å². The topological polar surface area (TPSA) is 104 Å². The van der Waals surface area contributed by atoms with E-state index in [9.17, 15) is 9.59 Å². The zero-order valence-electron chi connectivity index (χ0n) is 10.9. The molecule has 0 bridgehead atoms. The first-order valence-corrected chi connectivity index (χ1v) is 7.45. The lowest BCUT2D eigenvalue weighted by Gasteiger charge is -2.06. The maximum Gasteiger partial charge on any atom is 0.306 e. The molecule has 0 aliphatic carbocycles. The van der Waals surface area contributed by atoms with Gasteiger partial charge < -0.3 is 20.1 Å². The highest BCUT2D eigenvalue weighted by molar-refractivity contribution is 7.99. The van der Waals surface area contributed by atoms with E-state index in [1.165, 1.54) is 11.8 Å². The van der Waals surface area contributed by atoms with Gasteiger partial charge in [0.15, 0.2) is 0 Å². The van der Waals surface area contributed by atoms with Crippen molar-refractivity contribution in [3.8, 4) is 0 Å². The zero-order valence-corrected chi connectivity index (χ0v) is 11.7. The second kappa shape index (κ2) is 12.3. The third kappa shape index (κ3) is 13.4. The van der Waals surface area contributed by atoms with E-state index in [1.807, 2.05) is 0 Å². The molecule has 0 aliphatic rings. The average molecular weight is 294 g/mol. The van der Waals surface area contributed by atoms with E-state index in [2.05, 4.69) is 0 Å². The fourth-order valence-electron chi connectivity index (χ4n) is 1.24. The van der Waals surface area contributed by atoms with Gasteiger partial charge in [-0.05, 0) is 19.3 Å². The van der Waals surface area contributed by atoms with Gasteiger partial charge in [-0.15, -0.1) is 0 Å². The molecule has 0 saturated heterocycles. The number of aliphatic hydroxyl groups excluding tert-OH is 2. The Morgan fingerprint density at radius 3 is 2.53 bits per heavy atom. The summed E-state index contributed by atoms with van der Waals surface area (Å²) in [6.07, 6.45) is 1.69. The van der Waals surface area contributed by atoms with Crippen molar-refractivity contribution in [1.82, 2.24) is 0 Å². The number of esters is 1. The van der Waals surface area contributed by atoms with E-state index in [-0.39, 0.29) is 25.4 Å². The van der Waals surface area contributed by atoms with Crippen LogP contribution in [0.25, 0.3) is 0 Å². The fraction of sp³-hybridized carbons (Fsp3) is 0.833. The molecule has 0 aromatic heterocycles. The first kappa shape index (κ1) is 18.2. The number of carbonyl (C=O) groups excluding carboxylic acids is 1. The molecule has 0 aromatic carbocycles. The highest BCUT2D eigenvalue weighted by atomic mass is 32.2. The largest absolute Gasteiger partial charge is 0.481 e. The molecular formula is C12H22O6S. The standard InChI is InChI=1S/C12H22O6S/c13-8-10(14)9-19-7-5-12(17)18-6-3-1-2-4-11(15)16/h10,13-14H,1-9H2,(H,15,16). The van der Waals surface area contributed by atoms with E-state index in [4.69, 9.17) is 20.1 Å². The number of aliphatic carboxylic acids is 1. The summed E-state index contributed by atoms with van der Waals surface area (Å²) in [5.74, 6) is -0.142. The van der Waals surface area contributed by atoms with Gasteiger partial charge in [0, 0.05) is 17.9 Å². The van der Waals surface area contributed by atoms with Crippen LogP contribution in [0.5, 0.6) is 0 Å². The number of carbonyl (C=O) groups is 2. The minimum Gasteiger partial charge on any atom is -0.481 e. The third-order valence-corrected chi connectivity index (χ3v) is 3.38. The van der Waals surface area contributed by atoms with Crippen LogP contribution in [0.4, 0.5) is 0 Å². The fourth-order valence-corrected chi connectivity index (χ4v) is 2.10. The third-order valence-electron chi connectivity index (χ3n) is 2.27. The van der Waals surface area contributed by atoms with Crippen molar-refractivity contribution in [2.45, 2.75) is 38.2 Å². The van der Waals surface area contributed by atoms with Crippen molar-refractivity contribution in [3.05, 3.63) is 0 Å². The summed E-state index contributed by atoms with van der Waals surface area (Å²) in [5, 5.41) is 26.0. The van der Waals surface area contributed by atoms with Crippen molar-refractivity contribution in [3.63, 3.8) is 0 Å². The number of rotatable bonds is 12. The number of carboxylic acid groups (broad SMARTS) is 1. The van der Waals surface area contributed by atoms with Crippen LogP contribution in [-0.4, -0.2) is 58.1 Å². The molecule has 1 unspecified atom stereocenters. The van der Waals surface area contributed by atoms with Crippen molar-refractivity contribution >= 4 is 23.7 Å². The summed E-state index contributed by atoms with van der Waals surface area (Å²) in [7, 11) is 0. The molecule has 0 amide bonds. The second-order valence-electron chi connectivity index (χ2n) is 4.09. The van der Waals surface area contributed by atoms with Crippen LogP contribution in [0.3, 0.4) is 0 Å². The normalized spacial score (nSPS) is 12.1. The number of carboxylic acids is 1. The van der Waals surface area contributed by atoms with Gasteiger partial charge in [0.05, 0.1) is 25.7 Å². The van der Waals surface area contributed by atoms with Gasteiger partial charge in [0.1, 0.15) is 0 Å². The van der Waals surface area contributed by atoms with E-state index in [0.29, 0.717) is 31.0 Å². The number of aliphatic hydroxyl groups is 2. The van der Waals surface area contributed by atoms with Crippen molar-refractivity contribution in [2.24, 2.45) is 0 Å². The Bertz CT molecular complexity index is 259. The van der Waals surface area contributed by atoms with E-state index in [0.717, 1.165) is 6.42 Å². The zero-order chi connectivity index (χ0) is 14.5. The van der Waals surface area contributed by atoms with E-state index in [1.54, 1.807) is 0 Å². The Kier molecular flexibility index (Phi) is 11.7. The maximum atomic E-state index is 11.3. The van der Waals surface area contributed by atoms with Gasteiger partial charge in [-0.1, -0.05) is 0 Å². The lowest BCUT2D eigenvalue weighted by Crippen LogP contribution is -2.15. The summed E-state index contributed by atoms with van der Waals surface area (Å²) in [6.45, 7) is 0.0518. The molecule has 6 nitrogen and oxygen atoms in total. The summed E-state index contributed by atoms with van der Waals surface area (Å²) in [6, 6.07) is 0. The summed E-state index contributed by atoms with van der Waals surface area (Å²) in [4.78, 5) is 21.5. The average Bonchev–Trinajstić information content (AvgIpc) is 2.38. The summed E-state index contributed by atoms with van der Waals surface area (Å²) in [5.41, 5.74) is 0. The Labute approximate surface area is 117 Å². The molecule has 0 rings (SSSR count). The first-order chi connectivity index (χ1) is 9.06. The van der Waals surface area contributed by atoms with Gasteiger partial charge in [-0.25, -0.2) is 0 Å². The smallest absolute Gasteiger partial charge is 0.306 e.